The van der Waals surface area contributed by atoms with Gasteiger partial charge in [0.2, 0.25) is 0 Å². The third-order valence-corrected chi connectivity index (χ3v) is 9.38. The molecular weight excluding hydrogens is 612 g/mol. The number of aliphatic hydroxyl groups is 1. The molecule has 0 bridgehead atoms. The summed E-state index contributed by atoms with van der Waals surface area (Å²) in [5.41, 5.74) is 8.13. The number of amides is 1. The molecule has 0 aliphatic carbocycles. The summed E-state index contributed by atoms with van der Waals surface area (Å²) in [6.07, 6.45) is 13.8. The average molecular weight is 651 g/mol. The molecule has 2 aliphatic heterocycles. The zero-order chi connectivity index (χ0) is 33.7. The van der Waals surface area contributed by atoms with Crippen LogP contribution in [0.3, 0.4) is 0 Å². The van der Waals surface area contributed by atoms with E-state index < -0.39 is 0 Å². The highest BCUT2D eigenvalue weighted by Gasteiger charge is 2.21. The molecule has 2 saturated heterocycles. The number of β-amino-alcohol motifs (C(OH)–C–C–N with tert-alkyl or cyclic N) is 1. The van der Waals surface area contributed by atoms with Crippen LogP contribution in [0, 0.1) is 18.3 Å². The lowest BCUT2D eigenvalue weighted by Crippen LogP contribution is -2.21. The Bertz CT molecular complexity index is 2060. The number of nitrogens with zero attached hydrogens (tertiary/aromatic N) is 7. The molecule has 7 rings (SSSR count). The SMILES string of the molecule is Cc1c(NC(=O)c2ccc(CN3CC[C@@H](O)C3)cn2)cccc1-c1ccnc(/C=C/c2cnc3c(CN4CCCC4)nccc3c2)c1C#N. The number of aliphatic hydroxyl groups excluding tert-OH is 1. The number of carbonyl (C=O) groups is 1. The van der Waals surface area contributed by atoms with Crippen molar-refractivity contribution in [3.05, 3.63) is 113 Å². The van der Waals surface area contributed by atoms with Crippen molar-refractivity contribution in [2.24, 2.45) is 0 Å². The van der Waals surface area contributed by atoms with Gasteiger partial charge in [-0.2, -0.15) is 5.26 Å². The smallest absolute Gasteiger partial charge is 0.274 e. The number of fused-ring (bicyclic) bond motifs is 1. The van der Waals surface area contributed by atoms with Crippen molar-refractivity contribution in [1.82, 2.24) is 29.7 Å². The van der Waals surface area contributed by atoms with Crippen LogP contribution in [0.1, 0.15) is 63.4 Å². The van der Waals surface area contributed by atoms with Crippen LogP contribution in [-0.2, 0) is 13.1 Å². The van der Waals surface area contributed by atoms with Crippen LogP contribution in [0.25, 0.3) is 34.2 Å². The molecule has 2 aliphatic rings. The van der Waals surface area contributed by atoms with Crippen molar-refractivity contribution in [3.63, 3.8) is 0 Å². The van der Waals surface area contributed by atoms with E-state index >= 15 is 0 Å². The Morgan fingerprint density at radius 1 is 0.959 bits per heavy atom. The van der Waals surface area contributed by atoms with Crippen LogP contribution < -0.4 is 5.32 Å². The third-order valence-electron chi connectivity index (χ3n) is 9.38. The number of carbonyl (C=O) groups excluding carboxylic acids is 1. The van der Waals surface area contributed by atoms with E-state index in [2.05, 4.69) is 42.2 Å². The zero-order valence-electron chi connectivity index (χ0n) is 27.5. The maximum absolute atomic E-state index is 13.2. The van der Waals surface area contributed by atoms with Crippen LogP contribution in [0.2, 0.25) is 0 Å². The summed E-state index contributed by atoms with van der Waals surface area (Å²) < 4.78 is 0. The van der Waals surface area contributed by atoms with Gasteiger partial charge in [0.05, 0.1) is 28.6 Å². The Morgan fingerprint density at radius 3 is 2.59 bits per heavy atom. The van der Waals surface area contributed by atoms with Crippen LogP contribution in [0.15, 0.2) is 73.3 Å². The second-order valence-electron chi connectivity index (χ2n) is 12.8. The minimum atomic E-state index is -0.315. The lowest BCUT2D eigenvalue weighted by molar-refractivity contribution is 0.102. The molecule has 0 spiro atoms. The summed E-state index contributed by atoms with van der Waals surface area (Å²) in [5, 5.41) is 24.1. The van der Waals surface area contributed by atoms with Crippen LogP contribution in [0.5, 0.6) is 0 Å². The fourth-order valence-corrected chi connectivity index (χ4v) is 6.73. The van der Waals surface area contributed by atoms with E-state index in [9.17, 15) is 15.2 Å². The molecule has 0 unspecified atom stereocenters. The first-order chi connectivity index (χ1) is 23.9. The molecule has 1 aromatic carbocycles. The van der Waals surface area contributed by atoms with E-state index in [0.29, 0.717) is 35.7 Å². The van der Waals surface area contributed by atoms with Gasteiger partial charge in [-0.05, 0) is 97.9 Å². The highest BCUT2D eigenvalue weighted by atomic mass is 16.3. The molecule has 0 saturated carbocycles. The van der Waals surface area contributed by atoms with Crippen molar-refractivity contribution in [2.75, 3.05) is 31.5 Å². The van der Waals surface area contributed by atoms with Crippen molar-refractivity contribution >= 4 is 34.6 Å². The van der Waals surface area contributed by atoms with Crippen LogP contribution in [-0.4, -0.2) is 73.0 Å². The number of hydrogen-bond donors (Lipinski definition) is 2. The van der Waals surface area contributed by atoms with E-state index in [4.69, 9.17) is 4.98 Å². The van der Waals surface area contributed by atoms with Crippen molar-refractivity contribution < 1.29 is 9.90 Å². The molecule has 0 radical (unpaired) electrons. The number of nitrogens with one attached hydrogen (secondary N) is 1. The molecule has 10 heteroatoms. The summed E-state index contributed by atoms with van der Waals surface area (Å²) in [6, 6.07) is 17.5. The van der Waals surface area contributed by atoms with Gasteiger partial charge < -0.3 is 10.4 Å². The normalized spacial score (nSPS) is 16.8. The molecule has 5 aromatic rings. The van der Waals surface area contributed by atoms with Crippen molar-refractivity contribution in [2.45, 2.75) is 45.4 Å². The Kier molecular flexibility index (Phi) is 9.48. The summed E-state index contributed by atoms with van der Waals surface area (Å²) in [6.45, 7) is 7.13. The number of aromatic nitrogens is 4. The third kappa shape index (κ3) is 7.25. The van der Waals surface area contributed by atoms with Gasteiger partial charge in [-0.25, -0.2) is 0 Å². The number of likely N-dealkylation sites (tertiary alicyclic amines) is 2. The van der Waals surface area contributed by atoms with E-state index in [0.717, 1.165) is 77.0 Å². The number of rotatable bonds is 9. The molecule has 246 valence electrons. The molecule has 6 heterocycles. The number of nitriles is 1. The standard InChI is InChI=1S/C39H38N8O2/c1-26-31(5-4-6-34(26)45-39(49)36-10-8-28(22-43-36)23-47-18-13-30(48)24-47)32-12-15-41-35(33(32)20-40)9-7-27-19-29-11-14-42-37(38(29)44-21-27)25-46-16-2-3-17-46/h4-12,14-15,19,21-22,30,48H,2-3,13,16-18,23-25H2,1H3,(H,45,49)/b9-7+/t30-/m1/s1. The van der Waals surface area contributed by atoms with Gasteiger partial charge in [0.25, 0.3) is 5.91 Å². The van der Waals surface area contributed by atoms with E-state index in [1.54, 1.807) is 18.5 Å². The monoisotopic (exact) mass is 650 g/mol. The zero-order valence-corrected chi connectivity index (χ0v) is 27.5. The first-order valence-electron chi connectivity index (χ1n) is 16.7. The molecule has 2 fully saturated rings. The molecule has 4 aromatic heterocycles. The largest absolute Gasteiger partial charge is 0.392 e. The predicted octanol–water partition coefficient (Wildman–Crippen LogP) is 5.85. The molecule has 1 amide bonds. The fraction of sp³-hybridized carbons (Fsp3) is 0.282. The lowest BCUT2D eigenvalue weighted by Gasteiger charge is -2.15. The van der Waals surface area contributed by atoms with Crippen LogP contribution in [0.4, 0.5) is 5.69 Å². The minimum absolute atomic E-state index is 0.277. The van der Waals surface area contributed by atoms with Gasteiger partial charge in [-0.15, -0.1) is 0 Å². The second kappa shape index (κ2) is 14.4. The Labute approximate surface area is 285 Å². The van der Waals surface area contributed by atoms with Gasteiger partial charge in [0, 0.05) is 67.6 Å². The quantitative estimate of drug-likeness (QED) is 0.202. The van der Waals surface area contributed by atoms with E-state index in [1.807, 2.05) is 67.9 Å². The maximum atomic E-state index is 13.2. The number of hydrogen-bond acceptors (Lipinski definition) is 9. The summed E-state index contributed by atoms with van der Waals surface area (Å²) in [7, 11) is 0. The first kappa shape index (κ1) is 32.2. The maximum Gasteiger partial charge on any atom is 0.274 e. The Balaban J connectivity index is 1.08. The average Bonchev–Trinajstić information content (AvgIpc) is 3.79. The molecular formula is C39H38N8O2. The van der Waals surface area contributed by atoms with E-state index in [-0.39, 0.29) is 12.0 Å². The fourth-order valence-electron chi connectivity index (χ4n) is 6.73. The Hall–Kier alpha value is -5.34. The summed E-state index contributed by atoms with van der Waals surface area (Å²) >= 11 is 0. The minimum Gasteiger partial charge on any atom is -0.392 e. The van der Waals surface area contributed by atoms with Gasteiger partial charge in [-0.1, -0.05) is 24.3 Å². The summed E-state index contributed by atoms with van der Waals surface area (Å²) in [5.74, 6) is -0.315. The van der Waals surface area contributed by atoms with Gasteiger partial charge in [0.1, 0.15) is 11.8 Å². The number of benzene rings is 1. The molecule has 49 heavy (non-hydrogen) atoms. The van der Waals surface area contributed by atoms with Gasteiger partial charge >= 0.3 is 0 Å². The first-order valence-corrected chi connectivity index (χ1v) is 16.7. The van der Waals surface area contributed by atoms with Gasteiger partial charge in [-0.3, -0.25) is 34.5 Å². The van der Waals surface area contributed by atoms with Gasteiger partial charge in [0.15, 0.2) is 0 Å². The Morgan fingerprint density at radius 2 is 1.82 bits per heavy atom. The number of pyridine rings is 4. The number of anilines is 1. The highest BCUT2D eigenvalue weighted by Crippen LogP contribution is 2.32. The second-order valence-corrected chi connectivity index (χ2v) is 12.8. The van der Waals surface area contributed by atoms with Crippen molar-refractivity contribution in [1.29, 1.82) is 5.26 Å². The topological polar surface area (TPSA) is 131 Å². The van der Waals surface area contributed by atoms with E-state index in [1.165, 1.54) is 12.8 Å². The lowest BCUT2D eigenvalue weighted by atomic mass is 9.95. The highest BCUT2D eigenvalue weighted by molar-refractivity contribution is 6.04. The van der Waals surface area contributed by atoms with Crippen molar-refractivity contribution in [3.8, 4) is 17.2 Å². The molecule has 1 atom stereocenters. The molecule has 2 N–H and O–H groups in total. The summed E-state index contributed by atoms with van der Waals surface area (Å²) in [4.78, 5) is 36.1. The van der Waals surface area contributed by atoms with Crippen LogP contribution >= 0.6 is 0 Å². The predicted molar refractivity (Wildman–Crippen MR) is 190 cm³/mol. The molecule has 10 nitrogen and oxygen atoms in total.